The Hall–Kier alpha value is -2.11. The quantitative estimate of drug-likeness (QED) is 0.626. The second kappa shape index (κ2) is 8.28. The molecule has 0 atom stereocenters. The predicted molar refractivity (Wildman–Crippen MR) is 119 cm³/mol. The molecule has 2 fully saturated rings. The van der Waals surface area contributed by atoms with Crippen molar-refractivity contribution in [1.82, 2.24) is 15.5 Å². The van der Waals surface area contributed by atoms with Crippen molar-refractivity contribution in [3.8, 4) is 0 Å². The van der Waals surface area contributed by atoms with Gasteiger partial charge in [0.1, 0.15) is 5.82 Å². The molecule has 2 heterocycles. The van der Waals surface area contributed by atoms with E-state index in [1.54, 1.807) is 0 Å². The molecule has 1 spiro atoms. The molecule has 0 aromatic rings. The number of allylic oxidation sites excluding steroid dienone is 9. The van der Waals surface area contributed by atoms with E-state index in [-0.39, 0.29) is 0 Å². The second-order valence-electron chi connectivity index (χ2n) is 7.18. The number of hydrogen-bond donors (Lipinski definition) is 2. The molecule has 2 aliphatic heterocycles. The second-order valence-corrected chi connectivity index (χ2v) is 8.04. The Morgan fingerprint density at radius 3 is 2.63 bits per heavy atom. The minimum Gasteiger partial charge on any atom is -0.370 e. The maximum absolute atomic E-state index is 4.61. The summed E-state index contributed by atoms with van der Waals surface area (Å²) in [7, 11) is 0. The number of halogens is 1. The van der Waals surface area contributed by atoms with Crippen LogP contribution in [-0.4, -0.2) is 36.8 Å². The number of nitrogens with zero attached hydrogens (tertiary/aromatic N) is 2. The number of aliphatic imine (C=N–C) groups is 1. The lowest BCUT2D eigenvalue weighted by atomic mass is 9.74. The summed E-state index contributed by atoms with van der Waals surface area (Å²) < 4.78 is 0.940. The molecule has 0 radical (unpaired) electrons. The van der Waals surface area contributed by atoms with Gasteiger partial charge in [0.15, 0.2) is 0 Å². The number of likely N-dealkylation sites (tertiary alicyclic amines) is 1. The molecule has 2 saturated heterocycles. The topological polar surface area (TPSA) is 39.7 Å². The van der Waals surface area contributed by atoms with Gasteiger partial charge in [-0.05, 0) is 53.6 Å². The highest BCUT2D eigenvalue weighted by Gasteiger charge is 2.47. The fraction of sp³-hybridized carbons (Fsp3) is 0.318. The van der Waals surface area contributed by atoms with Gasteiger partial charge in [-0.1, -0.05) is 37.5 Å². The number of hydrogen-bond acceptors (Lipinski definition) is 4. The normalized spacial score (nSPS) is 24.2. The molecule has 2 N–H and O–H groups in total. The lowest BCUT2D eigenvalue weighted by Crippen LogP contribution is -2.70. The minimum absolute atomic E-state index is 0.515. The smallest absolute Gasteiger partial charge is 0.123 e. The Morgan fingerprint density at radius 1 is 1.30 bits per heavy atom. The third-order valence-electron chi connectivity index (χ3n) is 5.05. The molecule has 3 aliphatic rings. The van der Waals surface area contributed by atoms with Crippen molar-refractivity contribution in [2.75, 3.05) is 26.2 Å². The van der Waals surface area contributed by atoms with Crippen molar-refractivity contribution in [3.63, 3.8) is 0 Å². The van der Waals surface area contributed by atoms with Crippen molar-refractivity contribution in [2.24, 2.45) is 10.4 Å². The van der Waals surface area contributed by atoms with Crippen LogP contribution in [0.25, 0.3) is 0 Å². The van der Waals surface area contributed by atoms with Crippen LogP contribution in [-0.2, 0) is 0 Å². The SMILES string of the molecule is C=C(/C=C\C(=C/C)N1CC2(CNC2)C1)NC(=C)/N=C1/C(Br)=CC=C/C1=C/C. The van der Waals surface area contributed by atoms with E-state index in [1.807, 2.05) is 37.3 Å². The zero-order valence-corrected chi connectivity index (χ0v) is 17.6. The highest BCUT2D eigenvalue weighted by atomic mass is 79.9. The van der Waals surface area contributed by atoms with Gasteiger partial charge in [-0.2, -0.15) is 0 Å². The predicted octanol–water partition coefficient (Wildman–Crippen LogP) is 4.16. The first kappa shape index (κ1) is 19.6. The van der Waals surface area contributed by atoms with Crippen LogP contribution in [0.4, 0.5) is 0 Å². The van der Waals surface area contributed by atoms with E-state index in [1.165, 1.54) is 5.70 Å². The highest BCUT2D eigenvalue weighted by molar-refractivity contribution is 9.12. The molecule has 0 bridgehead atoms. The summed E-state index contributed by atoms with van der Waals surface area (Å²) >= 11 is 3.56. The van der Waals surface area contributed by atoms with Gasteiger partial charge in [0, 0.05) is 47.5 Å². The van der Waals surface area contributed by atoms with Crippen LogP contribution in [0.3, 0.4) is 0 Å². The van der Waals surface area contributed by atoms with E-state index in [9.17, 15) is 0 Å². The third kappa shape index (κ3) is 4.42. The third-order valence-corrected chi connectivity index (χ3v) is 5.69. The molecule has 27 heavy (non-hydrogen) atoms. The molecular weight excluding hydrogens is 400 g/mol. The van der Waals surface area contributed by atoms with Crippen molar-refractivity contribution < 1.29 is 0 Å². The highest BCUT2D eigenvalue weighted by Crippen LogP contribution is 2.36. The summed E-state index contributed by atoms with van der Waals surface area (Å²) in [6.45, 7) is 16.7. The Labute approximate surface area is 170 Å². The van der Waals surface area contributed by atoms with Crippen LogP contribution >= 0.6 is 15.9 Å². The lowest BCUT2D eigenvalue weighted by Gasteiger charge is -2.57. The van der Waals surface area contributed by atoms with E-state index >= 15 is 0 Å². The van der Waals surface area contributed by atoms with Gasteiger partial charge in [-0.3, -0.25) is 0 Å². The van der Waals surface area contributed by atoms with Crippen LogP contribution < -0.4 is 10.6 Å². The largest absolute Gasteiger partial charge is 0.370 e. The molecule has 4 nitrogen and oxygen atoms in total. The molecule has 0 saturated carbocycles. The summed E-state index contributed by atoms with van der Waals surface area (Å²) in [5, 5.41) is 6.54. The van der Waals surface area contributed by atoms with Gasteiger partial charge < -0.3 is 15.5 Å². The van der Waals surface area contributed by atoms with Crippen molar-refractivity contribution >= 4 is 21.6 Å². The average Bonchev–Trinajstić information content (AvgIpc) is 2.56. The van der Waals surface area contributed by atoms with E-state index in [0.717, 1.165) is 47.6 Å². The van der Waals surface area contributed by atoms with E-state index in [2.05, 4.69) is 68.7 Å². The molecule has 5 heteroatoms. The Morgan fingerprint density at radius 2 is 2.04 bits per heavy atom. The monoisotopic (exact) mass is 426 g/mol. The van der Waals surface area contributed by atoms with Gasteiger partial charge in [0.25, 0.3) is 0 Å². The summed E-state index contributed by atoms with van der Waals surface area (Å²) in [5.74, 6) is 0.560. The molecule has 142 valence electrons. The fourth-order valence-electron chi connectivity index (χ4n) is 3.49. The van der Waals surface area contributed by atoms with E-state index < -0.39 is 0 Å². The van der Waals surface area contributed by atoms with Crippen LogP contribution in [0.15, 0.2) is 88.0 Å². The van der Waals surface area contributed by atoms with Crippen LogP contribution in [0.5, 0.6) is 0 Å². The van der Waals surface area contributed by atoms with Crippen molar-refractivity contribution in [3.05, 3.63) is 83.0 Å². The minimum atomic E-state index is 0.515. The van der Waals surface area contributed by atoms with Crippen LogP contribution in [0.1, 0.15) is 13.8 Å². The van der Waals surface area contributed by atoms with E-state index in [0.29, 0.717) is 11.2 Å². The van der Waals surface area contributed by atoms with Gasteiger partial charge in [-0.25, -0.2) is 4.99 Å². The molecular formula is C22H27BrN4. The first-order chi connectivity index (χ1) is 13.0. The summed E-state index contributed by atoms with van der Waals surface area (Å²) in [5.41, 5.74) is 4.43. The molecule has 0 unspecified atom stereocenters. The maximum Gasteiger partial charge on any atom is 0.123 e. The standard InChI is InChI=1S/C22H27BrN4/c1-5-18-8-7-9-20(23)21(18)26-17(4)25-16(3)10-11-19(6-2)27-14-22(15-27)12-24-13-22/h5-11,24-25H,3-4,12-15H2,1-2H3/b11-10-,18-5-,19-6+,26-21+. The van der Waals surface area contributed by atoms with Crippen molar-refractivity contribution in [2.45, 2.75) is 13.8 Å². The first-order valence-electron chi connectivity index (χ1n) is 9.21. The van der Waals surface area contributed by atoms with Gasteiger partial charge in [0.2, 0.25) is 0 Å². The zero-order chi connectivity index (χ0) is 19.4. The average molecular weight is 427 g/mol. The first-order valence-corrected chi connectivity index (χ1v) is 10.0. The van der Waals surface area contributed by atoms with Crippen LogP contribution in [0, 0.1) is 5.41 Å². The molecule has 3 rings (SSSR count). The Balaban J connectivity index is 1.56. The lowest BCUT2D eigenvalue weighted by molar-refractivity contribution is -0.0138. The zero-order valence-electron chi connectivity index (χ0n) is 16.1. The van der Waals surface area contributed by atoms with Crippen LogP contribution in [0.2, 0.25) is 0 Å². The summed E-state index contributed by atoms with van der Waals surface area (Å²) in [4.78, 5) is 7.02. The van der Waals surface area contributed by atoms with Gasteiger partial charge in [-0.15, -0.1) is 0 Å². The van der Waals surface area contributed by atoms with E-state index in [4.69, 9.17) is 0 Å². The van der Waals surface area contributed by atoms with Gasteiger partial charge >= 0.3 is 0 Å². The number of nitrogens with one attached hydrogen (secondary N) is 2. The molecule has 0 aromatic heterocycles. The molecule has 0 aromatic carbocycles. The Kier molecular flexibility index (Phi) is 6.02. The molecule has 0 amide bonds. The summed E-state index contributed by atoms with van der Waals surface area (Å²) in [6.07, 6.45) is 14.3. The Bertz CT molecular complexity index is 811. The fourth-order valence-corrected chi connectivity index (χ4v) is 3.96. The van der Waals surface area contributed by atoms with Gasteiger partial charge in [0.05, 0.1) is 5.71 Å². The number of rotatable bonds is 6. The summed E-state index contributed by atoms with van der Waals surface area (Å²) in [6, 6.07) is 0. The maximum atomic E-state index is 4.61. The van der Waals surface area contributed by atoms with Crippen molar-refractivity contribution in [1.29, 1.82) is 0 Å². The molecule has 1 aliphatic carbocycles.